The molecule has 2 heterocycles. The van der Waals surface area contributed by atoms with E-state index < -0.39 is 15.1 Å². The number of rotatable bonds is 4. The quantitative estimate of drug-likeness (QED) is 0.786. The third kappa shape index (κ3) is 3.49. The average Bonchev–Trinajstić information content (AvgIpc) is 2.54. The van der Waals surface area contributed by atoms with Gasteiger partial charge in [0.25, 0.3) is 5.56 Å². The Labute approximate surface area is 148 Å². The first-order chi connectivity index (χ1) is 11.8. The lowest BCUT2D eigenvalue weighted by Gasteiger charge is -2.41. The van der Waals surface area contributed by atoms with E-state index in [4.69, 9.17) is 0 Å². The van der Waals surface area contributed by atoms with Crippen LogP contribution in [0.25, 0.3) is 0 Å². The van der Waals surface area contributed by atoms with Crippen LogP contribution in [-0.2, 0) is 21.2 Å². The Morgan fingerprint density at radius 3 is 2.44 bits per heavy atom. The van der Waals surface area contributed by atoms with Gasteiger partial charge in [-0.3, -0.25) is 14.2 Å². The Morgan fingerprint density at radius 1 is 1.16 bits per heavy atom. The molecule has 1 amide bonds. The summed E-state index contributed by atoms with van der Waals surface area (Å²) in [6.07, 6.45) is 5.93. The van der Waals surface area contributed by atoms with E-state index in [1.54, 1.807) is 13.8 Å². The second-order valence-corrected chi connectivity index (χ2v) is 9.67. The molecular formula is C17H25N3O4S. The summed E-state index contributed by atoms with van der Waals surface area (Å²) in [4.78, 5) is 30.1. The number of carbonyl (C=O) groups is 1. The van der Waals surface area contributed by atoms with Crippen molar-refractivity contribution in [1.29, 1.82) is 0 Å². The molecule has 7 nitrogen and oxygen atoms in total. The summed E-state index contributed by atoms with van der Waals surface area (Å²) in [7, 11) is -3.16. The fourth-order valence-electron chi connectivity index (χ4n) is 3.55. The maximum Gasteiger partial charge on any atom is 0.256 e. The fourth-order valence-corrected chi connectivity index (χ4v) is 5.86. The van der Waals surface area contributed by atoms with Crippen molar-refractivity contribution < 1.29 is 13.2 Å². The molecule has 0 N–H and O–H groups in total. The summed E-state index contributed by atoms with van der Waals surface area (Å²) < 4.78 is 26.5. The monoisotopic (exact) mass is 367 g/mol. The van der Waals surface area contributed by atoms with Crippen molar-refractivity contribution in [3.05, 3.63) is 27.9 Å². The van der Waals surface area contributed by atoms with Crippen molar-refractivity contribution in [3.63, 3.8) is 0 Å². The van der Waals surface area contributed by atoms with Gasteiger partial charge >= 0.3 is 0 Å². The Balaban J connectivity index is 1.60. The van der Waals surface area contributed by atoms with Gasteiger partial charge < -0.3 is 4.90 Å². The molecule has 0 radical (unpaired) electrons. The van der Waals surface area contributed by atoms with Crippen LogP contribution in [0.15, 0.2) is 11.1 Å². The van der Waals surface area contributed by atoms with Crippen molar-refractivity contribution in [1.82, 2.24) is 14.5 Å². The second-order valence-electron chi connectivity index (χ2n) is 7.16. The molecule has 3 rings (SSSR count). The van der Waals surface area contributed by atoms with Crippen LogP contribution >= 0.6 is 0 Å². The van der Waals surface area contributed by atoms with Gasteiger partial charge in [-0.15, -0.1) is 0 Å². The normalized spacial score (nSPS) is 19.7. The first kappa shape index (κ1) is 18.1. The van der Waals surface area contributed by atoms with Crippen LogP contribution < -0.4 is 5.56 Å². The lowest BCUT2D eigenvalue weighted by molar-refractivity contribution is -0.135. The predicted molar refractivity (Wildman–Crippen MR) is 94.1 cm³/mol. The van der Waals surface area contributed by atoms with Crippen LogP contribution in [0.3, 0.4) is 0 Å². The van der Waals surface area contributed by atoms with Gasteiger partial charge in [-0.25, -0.2) is 13.4 Å². The summed E-state index contributed by atoms with van der Waals surface area (Å²) in [6, 6.07) is 0. The Morgan fingerprint density at radius 2 is 1.80 bits per heavy atom. The van der Waals surface area contributed by atoms with Crippen molar-refractivity contribution >= 4 is 15.7 Å². The van der Waals surface area contributed by atoms with E-state index in [1.165, 1.54) is 15.8 Å². The second kappa shape index (κ2) is 6.90. The fraction of sp³-hybridized carbons (Fsp3) is 0.706. The third-order valence-electron chi connectivity index (χ3n) is 5.50. The van der Waals surface area contributed by atoms with E-state index in [0.717, 1.165) is 32.1 Å². The molecule has 2 fully saturated rings. The minimum absolute atomic E-state index is 0.0941. The van der Waals surface area contributed by atoms with E-state index in [-0.39, 0.29) is 36.4 Å². The number of hydrogen-bond acceptors (Lipinski definition) is 5. The topological polar surface area (TPSA) is 89.3 Å². The van der Waals surface area contributed by atoms with Crippen molar-refractivity contribution in [2.45, 2.75) is 63.0 Å². The first-order valence-electron chi connectivity index (χ1n) is 8.84. The van der Waals surface area contributed by atoms with Crippen molar-refractivity contribution in [3.8, 4) is 0 Å². The zero-order chi connectivity index (χ0) is 18.2. The molecule has 1 saturated carbocycles. The molecule has 8 heteroatoms. The largest absolute Gasteiger partial charge is 0.338 e. The van der Waals surface area contributed by atoms with Crippen LogP contribution in [0.5, 0.6) is 0 Å². The molecule has 0 spiro atoms. The number of amides is 1. The van der Waals surface area contributed by atoms with Crippen molar-refractivity contribution in [2.75, 3.05) is 13.1 Å². The van der Waals surface area contributed by atoms with Gasteiger partial charge in [-0.05, 0) is 26.7 Å². The van der Waals surface area contributed by atoms with Gasteiger partial charge in [-0.1, -0.05) is 19.3 Å². The van der Waals surface area contributed by atoms with Gasteiger partial charge in [0.1, 0.15) is 6.54 Å². The molecule has 138 valence electrons. The summed E-state index contributed by atoms with van der Waals surface area (Å²) in [5.74, 6) is -0.234. The molecule has 0 aromatic carbocycles. The molecule has 1 aliphatic carbocycles. The number of nitrogens with zero attached hydrogens (tertiary/aromatic N) is 3. The number of likely N-dealkylation sites (tertiary alicyclic amines) is 1. The number of carbonyl (C=O) groups excluding carboxylic acids is 1. The lowest BCUT2D eigenvalue weighted by Crippen LogP contribution is -2.59. The predicted octanol–water partition coefficient (Wildman–Crippen LogP) is 0.818. The van der Waals surface area contributed by atoms with E-state index in [0.29, 0.717) is 11.3 Å². The van der Waals surface area contributed by atoms with Gasteiger partial charge in [0, 0.05) is 24.3 Å². The van der Waals surface area contributed by atoms with Gasteiger partial charge in [-0.2, -0.15) is 0 Å². The molecule has 1 aromatic rings. The molecule has 1 aromatic heterocycles. The zero-order valence-electron chi connectivity index (χ0n) is 14.8. The summed E-state index contributed by atoms with van der Waals surface area (Å²) in [6.45, 7) is 3.82. The minimum atomic E-state index is -3.16. The maximum atomic E-state index is 12.6. The SMILES string of the molecule is Cc1ncn(CC(=O)N2CC(S(=O)(=O)C3CCCCC3)C2)c(=O)c1C. The van der Waals surface area contributed by atoms with Crippen molar-refractivity contribution in [2.24, 2.45) is 0 Å². The highest BCUT2D eigenvalue weighted by molar-refractivity contribution is 7.92. The lowest BCUT2D eigenvalue weighted by atomic mass is 10.0. The Hall–Kier alpha value is -1.70. The Bertz CT molecular complexity index is 819. The summed E-state index contributed by atoms with van der Waals surface area (Å²) in [5.41, 5.74) is 0.945. The highest BCUT2D eigenvalue weighted by Gasteiger charge is 2.43. The van der Waals surface area contributed by atoms with E-state index >= 15 is 0 Å². The van der Waals surface area contributed by atoms with Gasteiger partial charge in [0.05, 0.1) is 16.8 Å². The van der Waals surface area contributed by atoms with Crippen LogP contribution in [-0.4, -0.2) is 52.4 Å². The third-order valence-corrected chi connectivity index (χ3v) is 8.13. The molecule has 0 unspecified atom stereocenters. The number of aryl methyl sites for hydroxylation is 1. The maximum absolute atomic E-state index is 12.6. The van der Waals surface area contributed by atoms with E-state index in [1.807, 2.05) is 0 Å². The number of hydrogen-bond donors (Lipinski definition) is 0. The molecule has 2 aliphatic rings. The molecule has 1 aliphatic heterocycles. The zero-order valence-corrected chi connectivity index (χ0v) is 15.6. The van der Waals surface area contributed by atoms with Crippen LogP contribution in [0.1, 0.15) is 43.4 Å². The summed E-state index contributed by atoms with van der Waals surface area (Å²) >= 11 is 0. The van der Waals surface area contributed by atoms with Gasteiger partial charge in [0.2, 0.25) is 5.91 Å². The van der Waals surface area contributed by atoms with E-state index in [9.17, 15) is 18.0 Å². The average molecular weight is 367 g/mol. The smallest absolute Gasteiger partial charge is 0.256 e. The highest BCUT2D eigenvalue weighted by atomic mass is 32.2. The minimum Gasteiger partial charge on any atom is -0.338 e. The van der Waals surface area contributed by atoms with Crippen LogP contribution in [0.4, 0.5) is 0 Å². The molecule has 0 bridgehead atoms. The van der Waals surface area contributed by atoms with Crippen LogP contribution in [0.2, 0.25) is 0 Å². The van der Waals surface area contributed by atoms with Crippen LogP contribution in [0, 0.1) is 13.8 Å². The molecule has 25 heavy (non-hydrogen) atoms. The van der Waals surface area contributed by atoms with E-state index in [2.05, 4.69) is 4.98 Å². The Kier molecular flexibility index (Phi) is 4.99. The number of sulfone groups is 1. The summed E-state index contributed by atoms with van der Waals surface area (Å²) in [5, 5.41) is -0.691. The highest BCUT2D eigenvalue weighted by Crippen LogP contribution is 2.29. The first-order valence-corrected chi connectivity index (χ1v) is 10.4. The molecular weight excluding hydrogens is 342 g/mol. The standard InChI is InChI=1S/C17H25N3O4S/c1-12-13(2)18-11-20(17(12)22)10-16(21)19-8-15(9-19)25(23,24)14-6-4-3-5-7-14/h11,14-15H,3-10H2,1-2H3. The number of aromatic nitrogens is 2. The molecule has 1 saturated heterocycles. The molecule has 0 atom stereocenters. The van der Waals surface area contributed by atoms with Gasteiger partial charge in [0.15, 0.2) is 9.84 Å².